The van der Waals surface area contributed by atoms with Gasteiger partial charge in [0.1, 0.15) is 22.9 Å². The number of ether oxygens (including phenoxy) is 1. The van der Waals surface area contributed by atoms with Gasteiger partial charge >= 0.3 is 0 Å². The molecule has 0 saturated heterocycles. The molecule has 0 atom stereocenters. The number of amidine groups is 1. The third-order valence-corrected chi connectivity index (χ3v) is 9.62. The first-order valence-electron chi connectivity index (χ1n) is 15.6. The van der Waals surface area contributed by atoms with Gasteiger partial charge < -0.3 is 19.4 Å². The third-order valence-electron chi connectivity index (χ3n) is 9.62. The summed E-state index contributed by atoms with van der Waals surface area (Å²) in [5, 5.41) is 2.39. The zero-order valence-corrected chi connectivity index (χ0v) is 25.3. The molecule has 0 N–H and O–H groups in total. The number of fused-ring (bicyclic) bond motifs is 10. The SMILES string of the molecule is CCN(CC)c1ccc2c(c1)Oc1cc(N(CC)CC)ccc1C21c2ccccc2C2=Nc3cccc4cccc(c34)N21. The van der Waals surface area contributed by atoms with Crippen LogP contribution in [0.15, 0.2) is 102 Å². The van der Waals surface area contributed by atoms with Gasteiger partial charge in [-0.2, -0.15) is 0 Å². The summed E-state index contributed by atoms with van der Waals surface area (Å²) in [6.45, 7) is 12.6. The van der Waals surface area contributed by atoms with E-state index in [1.54, 1.807) is 0 Å². The molecule has 5 heteroatoms. The van der Waals surface area contributed by atoms with Gasteiger partial charge in [-0.05, 0) is 62.9 Å². The molecular formula is C38H36N4O. The Bertz CT molecular complexity index is 1870. The summed E-state index contributed by atoms with van der Waals surface area (Å²) in [5.74, 6) is 2.78. The predicted octanol–water partition coefficient (Wildman–Crippen LogP) is 8.84. The van der Waals surface area contributed by atoms with Crippen molar-refractivity contribution in [1.82, 2.24) is 0 Å². The maximum atomic E-state index is 6.94. The topological polar surface area (TPSA) is 31.3 Å². The molecule has 214 valence electrons. The van der Waals surface area contributed by atoms with Crippen molar-refractivity contribution in [3.8, 4) is 11.5 Å². The highest BCUT2D eigenvalue weighted by atomic mass is 16.5. The van der Waals surface area contributed by atoms with Crippen LogP contribution < -0.4 is 19.4 Å². The maximum Gasteiger partial charge on any atom is 0.142 e. The largest absolute Gasteiger partial charge is 0.456 e. The van der Waals surface area contributed by atoms with Crippen LogP contribution in [0.25, 0.3) is 10.8 Å². The highest BCUT2D eigenvalue weighted by Gasteiger charge is 2.57. The van der Waals surface area contributed by atoms with Crippen LogP contribution in [-0.4, -0.2) is 32.0 Å². The Balaban J connectivity index is 1.49. The number of aliphatic imine (C=N–C) groups is 1. The molecule has 5 nitrogen and oxygen atoms in total. The van der Waals surface area contributed by atoms with Gasteiger partial charge in [0.05, 0.1) is 11.4 Å². The van der Waals surface area contributed by atoms with Crippen LogP contribution in [0, 0.1) is 0 Å². The molecule has 3 aliphatic rings. The van der Waals surface area contributed by atoms with Crippen molar-refractivity contribution in [3.63, 3.8) is 0 Å². The minimum atomic E-state index is -0.649. The lowest BCUT2D eigenvalue weighted by atomic mass is 9.74. The van der Waals surface area contributed by atoms with E-state index in [0.29, 0.717) is 0 Å². The van der Waals surface area contributed by atoms with Crippen LogP contribution >= 0.6 is 0 Å². The van der Waals surface area contributed by atoms with Gasteiger partial charge in [0, 0.05) is 71.8 Å². The Hall–Kier alpha value is -4.77. The van der Waals surface area contributed by atoms with Crippen molar-refractivity contribution in [2.24, 2.45) is 4.99 Å². The molecule has 0 amide bonds. The van der Waals surface area contributed by atoms with E-state index >= 15 is 0 Å². The lowest BCUT2D eigenvalue weighted by molar-refractivity contribution is 0.423. The van der Waals surface area contributed by atoms with Gasteiger partial charge in [-0.3, -0.25) is 0 Å². The molecule has 3 aliphatic heterocycles. The summed E-state index contributed by atoms with van der Waals surface area (Å²) in [4.78, 5) is 12.7. The summed E-state index contributed by atoms with van der Waals surface area (Å²) < 4.78 is 6.94. The van der Waals surface area contributed by atoms with Crippen molar-refractivity contribution in [2.75, 3.05) is 40.9 Å². The van der Waals surface area contributed by atoms with E-state index in [1.807, 2.05) is 0 Å². The summed E-state index contributed by atoms with van der Waals surface area (Å²) in [6, 6.07) is 35.5. The number of nitrogens with zero attached hydrogens (tertiary/aromatic N) is 4. The van der Waals surface area contributed by atoms with Gasteiger partial charge in [-0.1, -0.05) is 60.7 Å². The van der Waals surface area contributed by atoms with Crippen LogP contribution in [0.2, 0.25) is 0 Å². The van der Waals surface area contributed by atoms with Gasteiger partial charge in [0.25, 0.3) is 0 Å². The van der Waals surface area contributed by atoms with Crippen LogP contribution in [0.5, 0.6) is 11.5 Å². The highest BCUT2D eigenvalue weighted by molar-refractivity contribution is 6.25. The molecule has 5 aromatic carbocycles. The van der Waals surface area contributed by atoms with Gasteiger partial charge in [0.2, 0.25) is 0 Å². The fourth-order valence-electron chi connectivity index (χ4n) is 7.65. The van der Waals surface area contributed by atoms with Crippen molar-refractivity contribution in [1.29, 1.82) is 0 Å². The molecule has 43 heavy (non-hydrogen) atoms. The van der Waals surface area contributed by atoms with Crippen molar-refractivity contribution < 1.29 is 4.74 Å². The van der Waals surface area contributed by atoms with E-state index in [1.165, 1.54) is 33.4 Å². The minimum absolute atomic E-state index is 0.649. The Morgan fingerprint density at radius 3 is 1.88 bits per heavy atom. The van der Waals surface area contributed by atoms with Crippen molar-refractivity contribution in [2.45, 2.75) is 33.2 Å². The normalized spacial score (nSPS) is 14.9. The predicted molar refractivity (Wildman–Crippen MR) is 179 cm³/mol. The Morgan fingerprint density at radius 1 is 0.651 bits per heavy atom. The Morgan fingerprint density at radius 2 is 1.26 bits per heavy atom. The Kier molecular flexibility index (Phi) is 5.80. The second-order valence-electron chi connectivity index (χ2n) is 11.5. The fourth-order valence-corrected chi connectivity index (χ4v) is 7.65. The quantitative estimate of drug-likeness (QED) is 0.206. The van der Waals surface area contributed by atoms with E-state index in [9.17, 15) is 0 Å². The maximum absolute atomic E-state index is 6.94. The number of anilines is 3. The van der Waals surface area contributed by atoms with Crippen LogP contribution in [0.1, 0.15) is 49.9 Å². The van der Waals surface area contributed by atoms with Crippen molar-refractivity contribution in [3.05, 3.63) is 119 Å². The Labute approximate surface area is 253 Å². The second-order valence-corrected chi connectivity index (χ2v) is 11.5. The summed E-state index contributed by atoms with van der Waals surface area (Å²) in [5.41, 5.74) is 8.57. The highest BCUT2D eigenvalue weighted by Crippen LogP contribution is 2.61. The third kappa shape index (κ3) is 3.42. The first-order valence-corrected chi connectivity index (χ1v) is 15.6. The van der Waals surface area contributed by atoms with Crippen molar-refractivity contribution >= 4 is 39.4 Å². The standard InChI is InChI=1S/C38H36N4O/c1-5-40(6-2)26-19-21-30-34(23-26)43-35-24-27(41(7-3)8-4)20-22-31(35)38(30)29-16-10-9-15-28(29)37-39-32-17-11-13-25-14-12-18-33(36(25)32)42(37)38/h9-24H,5-8H2,1-4H3. The van der Waals surface area contributed by atoms with Gasteiger partial charge in [0.15, 0.2) is 0 Å². The van der Waals surface area contributed by atoms with Crippen LogP contribution in [0.3, 0.4) is 0 Å². The molecule has 0 fully saturated rings. The van der Waals surface area contributed by atoms with Crippen LogP contribution in [0.4, 0.5) is 22.7 Å². The molecule has 5 aromatic rings. The van der Waals surface area contributed by atoms with Gasteiger partial charge in [-0.15, -0.1) is 0 Å². The van der Waals surface area contributed by atoms with E-state index in [2.05, 4.69) is 139 Å². The lowest BCUT2D eigenvalue weighted by Crippen LogP contribution is -2.48. The average molecular weight is 565 g/mol. The van der Waals surface area contributed by atoms with Crippen LogP contribution in [-0.2, 0) is 5.54 Å². The smallest absolute Gasteiger partial charge is 0.142 e. The average Bonchev–Trinajstić information content (AvgIpc) is 3.33. The molecule has 0 saturated carbocycles. The molecular weight excluding hydrogens is 528 g/mol. The number of rotatable bonds is 6. The molecule has 3 heterocycles. The summed E-state index contributed by atoms with van der Waals surface area (Å²) in [6.07, 6.45) is 0. The number of hydrogen-bond acceptors (Lipinski definition) is 5. The van der Waals surface area contributed by atoms with Gasteiger partial charge in [-0.25, -0.2) is 4.99 Å². The first kappa shape index (κ1) is 25.9. The zero-order chi connectivity index (χ0) is 29.3. The molecule has 0 radical (unpaired) electrons. The van der Waals surface area contributed by atoms with E-state index in [4.69, 9.17) is 9.73 Å². The summed E-state index contributed by atoms with van der Waals surface area (Å²) >= 11 is 0. The molecule has 8 rings (SSSR count). The summed E-state index contributed by atoms with van der Waals surface area (Å²) in [7, 11) is 0. The van der Waals surface area contributed by atoms with E-state index in [0.717, 1.165) is 65.9 Å². The van der Waals surface area contributed by atoms with E-state index in [-0.39, 0.29) is 0 Å². The molecule has 0 bridgehead atoms. The number of benzene rings is 5. The first-order chi connectivity index (χ1) is 21.1. The zero-order valence-electron chi connectivity index (χ0n) is 25.3. The lowest BCUT2D eigenvalue weighted by Gasteiger charge is -2.46. The number of hydrogen-bond donors (Lipinski definition) is 0. The monoisotopic (exact) mass is 564 g/mol. The minimum Gasteiger partial charge on any atom is -0.456 e. The van der Waals surface area contributed by atoms with E-state index < -0.39 is 5.54 Å². The second kappa shape index (κ2) is 9.63. The molecule has 0 aromatic heterocycles. The fraction of sp³-hybridized carbons (Fsp3) is 0.237. The molecule has 0 aliphatic carbocycles. The molecule has 0 unspecified atom stereocenters. The molecule has 1 spiro atoms.